The van der Waals surface area contributed by atoms with Gasteiger partial charge < -0.3 is 14.8 Å². The number of H-pyrrole nitrogens is 1. The Morgan fingerprint density at radius 2 is 1.97 bits per heavy atom. The van der Waals surface area contributed by atoms with Crippen LogP contribution in [0.2, 0.25) is 5.02 Å². The summed E-state index contributed by atoms with van der Waals surface area (Å²) in [5.74, 6) is -1.29. The van der Waals surface area contributed by atoms with Gasteiger partial charge in [-0.25, -0.2) is 8.78 Å². The van der Waals surface area contributed by atoms with E-state index in [4.69, 9.17) is 21.1 Å². The zero-order valence-corrected chi connectivity index (χ0v) is 18.4. The summed E-state index contributed by atoms with van der Waals surface area (Å²) < 4.78 is 38.3. The molecule has 2 aromatic carbocycles. The minimum absolute atomic E-state index is 0.0321. The van der Waals surface area contributed by atoms with Gasteiger partial charge in [0.15, 0.2) is 17.2 Å². The van der Waals surface area contributed by atoms with Gasteiger partial charge in [0, 0.05) is 30.7 Å². The molecule has 170 valence electrons. The number of anilines is 1. The fourth-order valence-electron chi connectivity index (χ4n) is 3.71. The molecule has 10 heteroatoms. The van der Waals surface area contributed by atoms with Crippen molar-refractivity contribution in [1.82, 2.24) is 20.2 Å². The number of nitrogens with zero attached hydrogens (tertiary/aromatic N) is 3. The lowest BCUT2D eigenvalue weighted by molar-refractivity contribution is 0.147. The first-order valence-corrected chi connectivity index (χ1v) is 10.7. The third-order valence-electron chi connectivity index (χ3n) is 5.66. The van der Waals surface area contributed by atoms with Crippen molar-refractivity contribution in [3.63, 3.8) is 0 Å². The van der Waals surface area contributed by atoms with Crippen LogP contribution in [-0.4, -0.2) is 40.4 Å². The number of rotatable bonds is 8. The van der Waals surface area contributed by atoms with E-state index in [0.29, 0.717) is 46.3 Å². The predicted octanol–water partition coefficient (Wildman–Crippen LogP) is 5.58. The van der Waals surface area contributed by atoms with E-state index in [0.717, 1.165) is 25.0 Å². The van der Waals surface area contributed by atoms with Crippen LogP contribution in [0.3, 0.4) is 0 Å². The zero-order valence-electron chi connectivity index (χ0n) is 17.7. The van der Waals surface area contributed by atoms with Crippen molar-refractivity contribution in [2.24, 2.45) is 5.41 Å². The molecular formula is C23H20ClF2N5O2. The van der Waals surface area contributed by atoms with E-state index in [-0.39, 0.29) is 17.2 Å². The van der Waals surface area contributed by atoms with Crippen molar-refractivity contribution in [2.75, 3.05) is 25.6 Å². The van der Waals surface area contributed by atoms with Gasteiger partial charge >= 0.3 is 6.01 Å². The average Bonchev–Trinajstić information content (AvgIpc) is 3.43. The van der Waals surface area contributed by atoms with Gasteiger partial charge in [-0.05, 0) is 31.0 Å². The van der Waals surface area contributed by atoms with Crippen LogP contribution >= 0.6 is 11.6 Å². The molecule has 1 fully saturated rings. The van der Waals surface area contributed by atoms with Gasteiger partial charge in [-0.1, -0.05) is 29.8 Å². The monoisotopic (exact) mass is 471 g/mol. The summed E-state index contributed by atoms with van der Waals surface area (Å²) in [6.07, 6.45) is 2.07. The van der Waals surface area contributed by atoms with Crippen LogP contribution in [0, 0.1) is 17.0 Å². The maximum absolute atomic E-state index is 14.1. The van der Waals surface area contributed by atoms with Crippen molar-refractivity contribution in [3.05, 3.63) is 59.1 Å². The lowest BCUT2D eigenvalue weighted by atomic mass is 10.1. The van der Waals surface area contributed by atoms with Crippen molar-refractivity contribution in [2.45, 2.75) is 12.8 Å². The molecule has 1 aliphatic rings. The van der Waals surface area contributed by atoms with E-state index < -0.39 is 11.6 Å². The number of hydrogen-bond acceptors (Lipinski definition) is 6. The summed E-state index contributed by atoms with van der Waals surface area (Å²) in [6, 6.07) is 10.2. The minimum atomic E-state index is -0.855. The first kappa shape index (κ1) is 21.5. The van der Waals surface area contributed by atoms with Gasteiger partial charge in [0.1, 0.15) is 17.3 Å². The highest BCUT2D eigenvalue weighted by molar-refractivity contribution is 6.33. The van der Waals surface area contributed by atoms with E-state index in [9.17, 15) is 8.78 Å². The van der Waals surface area contributed by atoms with Crippen LogP contribution in [0.15, 0.2) is 42.5 Å². The molecular weight excluding hydrogens is 452 g/mol. The Morgan fingerprint density at radius 3 is 2.70 bits per heavy atom. The molecule has 2 aromatic heterocycles. The Kier molecular flexibility index (Phi) is 5.59. The van der Waals surface area contributed by atoms with Gasteiger partial charge in [-0.3, -0.25) is 5.10 Å². The summed E-state index contributed by atoms with van der Waals surface area (Å²) in [6.45, 7) is 1.24. The van der Waals surface area contributed by atoms with E-state index in [1.54, 1.807) is 13.2 Å². The van der Waals surface area contributed by atoms with Crippen molar-refractivity contribution in [3.8, 4) is 23.0 Å². The SMILES string of the molecule is COCC1(CNc2nc(Oc3ccc(F)cc3F)nc3[nH]nc(-c4ccccc4Cl)c23)CC1. The molecule has 0 unspecified atom stereocenters. The minimum Gasteiger partial charge on any atom is -0.421 e. The largest absolute Gasteiger partial charge is 0.421 e. The molecule has 0 amide bonds. The molecule has 2 N–H and O–H groups in total. The molecule has 4 aromatic rings. The number of ether oxygens (including phenoxy) is 2. The van der Waals surface area contributed by atoms with Crippen LogP contribution in [0.5, 0.6) is 11.8 Å². The second-order valence-electron chi connectivity index (χ2n) is 8.09. The number of halogens is 3. The molecule has 5 rings (SSSR count). The van der Waals surface area contributed by atoms with Crippen LogP contribution < -0.4 is 10.1 Å². The molecule has 7 nitrogen and oxygen atoms in total. The highest BCUT2D eigenvalue weighted by Gasteiger charge is 2.42. The smallest absolute Gasteiger partial charge is 0.326 e. The first-order chi connectivity index (χ1) is 16.0. The van der Waals surface area contributed by atoms with Crippen molar-refractivity contribution >= 4 is 28.5 Å². The Balaban J connectivity index is 1.57. The van der Waals surface area contributed by atoms with Gasteiger partial charge in [-0.2, -0.15) is 15.1 Å². The average molecular weight is 472 g/mol. The molecule has 33 heavy (non-hydrogen) atoms. The lowest BCUT2D eigenvalue weighted by Gasteiger charge is -2.16. The second-order valence-corrected chi connectivity index (χ2v) is 8.50. The number of hydrogen-bond donors (Lipinski definition) is 2. The third-order valence-corrected chi connectivity index (χ3v) is 5.99. The number of nitrogens with one attached hydrogen (secondary N) is 2. The first-order valence-electron chi connectivity index (χ1n) is 10.3. The lowest BCUT2D eigenvalue weighted by Crippen LogP contribution is -2.21. The van der Waals surface area contributed by atoms with E-state index in [1.165, 1.54) is 6.07 Å². The van der Waals surface area contributed by atoms with Crippen molar-refractivity contribution in [1.29, 1.82) is 0 Å². The van der Waals surface area contributed by atoms with Crippen LogP contribution in [0.1, 0.15) is 12.8 Å². The predicted molar refractivity (Wildman–Crippen MR) is 121 cm³/mol. The van der Waals surface area contributed by atoms with Crippen LogP contribution in [-0.2, 0) is 4.74 Å². The van der Waals surface area contributed by atoms with Gasteiger partial charge in [-0.15, -0.1) is 0 Å². The van der Waals surface area contributed by atoms with E-state index >= 15 is 0 Å². The molecule has 0 aliphatic heterocycles. The summed E-state index contributed by atoms with van der Waals surface area (Å²) in [4.78, 5) is 8.84. The highest BCUT2D eigenvalue weighted by Crippen LogP contribution is 2.46. The highest BCUT2D eigenvalue weighted by atomic mass is 35.5. The number of methoxy groups -OCH3 is 1. The summed E-state index contributed by atoms with van der Waals surface area (Å²) >= 11 is 6.41. The van der Waals surface area contributed by atoms with Crippen LogP contribution in [0.4, 0.5) is 14.6 Å². The fraction of sp³-hybridized carbons (Fsp3) is 0.261. The van der Waals surface area contributed by atoms with Gasteiger partial charge in [0.2, 0.25) is 0 Å². The molecule has 2 heterocycles. The number of benzene rings is 2. The third kappa shape index (κ3) is 4.34. The number of aromatic nitrogens is 4. The molecule has 0 radical (unpaired) electrons. The van der Waals surface area contributed by atoms with E-state index in [1.807, 2.05) is 18.2 Å². The summed E-state index contributed by atoms with van der Waals surface area (Å²) in [5.41, 5.74) is 1.71. The number of fused-ring (bicyclic) bond motifs is 1. The zero-order chi connectivity index (χ0) is 23.0. The topological polar surface area (TPSA) is 85.0 Å². The standard InChI is InChI=1S/C23H20ClF2N5O2/c1-32-12-23(8-9-23)11-27-20-18-19(14-4-2-3-5-15(14)24)30-31-21(18)29-22(28-20)33-17-7-6-13(25)10-16(17)26/h2-7,10H,8-9,11-12H2,1H3,(H2,27,28,29,30,31). The number of aromatic amines is 1. The molecule has 0 atom stereocenters. The van der Waals surface area contributed by atoms with Gasteiger partial charge in [0.25, 0.3) is 0 Å². The van der Waals surface area contributed by atoms with Gasteiger partial charge in [0.05, 0.1) is 17.0 Å². The molecule has 1 saturated carbocycles. The van der Waals surface area contributed by atoms with E-state index in [2.05, 4.69) is 25.5 Å². The summed E-state index contributed by atoms with van der Waals surface area (Å²) in [7, 11) is 1.68. The molecule has 1 aliphatic carbocycles. The maximum atomic E-state index is 14.1. The quantitative estimate of drug-likeness (QED) is 0.349. The van der Waals surface area contributed by atoms with Crippen molar-refractivity contribution < 1.29 is 18.3 Å². The maximum Gasteiger partial charge on any atom is 0.326 e. The normalized spacial score (nSPS) is 14.4. The second kappa shape index (κ2) is 8.57. The Hall–Kier alpha value is -3.30. The summed E-state index contributed by atoms with van der Waals surface area (Å²) in [5, 5.41) is 11.8. The fourth-order valence-corrected chi connectivity index (χ4v) is 3.94. The Bertz CT molecular complexity index is 1330. The molecule has 0 saturated heterocycles. The van der Waals surface area contributed by atoms with Crippen LogP contribution in [0.25, 0.3) is 22.3 Å². The molecule has 0 spiro atoms. The Morgan fingerprint density at radius 1 is 1.15 bits per heavy atom. The molecule has 0 bridgehead atoms. The Labute approximate surface area is 193 Å².